The van der Waals surface area contributed by atoms with E-state index in [2.05, 4.69) is 15.5 Å². The van der Waals surface area contributed by atoms with E-state index < -0.39 is 5.60 Å². The predicted molar refractivity (Wildman–Crippen MR) is 82.3 cm³/mol. The van der Waals surface area contributed by atoms with Gasteiger partial charge in [-0.3, -0.25) is 4.79 Å². The van der Waals surface area contributed by atoms with E-state index in [0.29, 0.717) is 30.2 Å². The maximum Gasteiger partial charge on any atom is 0.251 e. The minimum absolute atomic E-state index is 0.214. The zero-order valence-corrected chi connectivity index (χ0v) is 13.1. The molecule has 0 atom stereocenters. The van der Waals surface area contributed by atoms with Crippen LogP contribution in [0.3, 0.4) is 0 Å². The predicted octanol–water partition coefficient (Wildman–Crippen LogP) is 2.33. The Morgan fingerprint density at radius 2 is 1.86 bits per heavy atom. The van der Waals surface area contributed by atoms with Gasteiger partial charge in [0, 0.05) is 24.6 Å². The van der Waals surface area contributed by atoms with Crippen LogP contribution >= 0.6 is 0 Å². The Morgan fingerprint density at radius 3 is 2.36 bits per heavy atom. The fourth-order valence-electron chi connectivity index (χ4n) is 2.02. The van der Waals surface area contributed by atoms with Crippen LogP contribution in [0.1, 0.15) is 42.9 Å². The van der Waals surface area contributed by atoms with E-state index in [1.54, 1.807) is 31.2 Å². The molecule has 2 rings (SSSR count). The van der Waals surface area contributed by atoms with Crippen molar-refractivity contribution in [2.45, 2.75) is 39.2 Å². The van der Waals surface area contributed by atoms with Gasteiger partial charge in [0.25, 0.3) is 5.91 Å². The minimum atomic E-state index is -0.850. The van der Waals surface area contributed by atoms with Crippen molar-refractivity contribution in [3.05, 3.63) is 35.7 Å². The molecule has 0 bridgehead atoms. The zero-order chi connectivity index (χ0) is 16.2. The number of benzene rings is 1. The van der Waals surface area contributed by atoms with Crippen LogP contribution in [0.5, 0.6) is 0 Å². The van der Waals surface area contributed by atoms with Gasteiger partial charge in [-0.05, 0) is 37.1 Å². The number of rotatable bonds is 6. The van der Waals surface area contributed by atoms with Crippen molar-refractivity contribution in [3.8, 4) is 11.5 Å². The third-order valence-electron chi connectivity index (χ3n) is 3.81. The highest BCUT2D eigenvalue weighted by Crippen LogP contribution is 2.18. The number of aliphatic hydroxyl groups is 1. The Balaban J connectivity index is 2.02. The lowest BCUT2D eigenvalue weighted by Crippen LogP contribution is -2.42. The first-order valence-electron chi connectivity index (χ1n) is 7.38. The van der Waals surface area contributed by atoms with Gasteiger partial charge in [-0.25, -0.2) is 0 Å². The second kappa shape index (κ2) is 6.70. The lowest BCUT2D eigenvalue weighted by atomic mass is 9.97. The molecule has 0 unspecified atom stereocenters. The zero-order valence-electron chi connectivity index (χ0n) is 13.1. The van der Waals surface area contributed by atoms with Crippen molar-refractivity contribution in [2.24, 2.45) is 0 Å². The van der Waals surface area contributed by atoms with Gasteiger partial charge in [-0.1, -0.05) is 13.8 Å². The van der Waals surface area contributed by atoms with Gasteiger partial charge in [0.15, 0.2) is 0 Å². The summed E-state index contributed by atoms with van der Waals surface area (Å²) in [5.74, 6) is 0.708. The average molecular weight is 303 g/mol. The normalized spacial score (nSPS) is 11.5. The van der Waals surface area contributed by atoms with Gasteiger partial charge in [-0.15, -0.1) is 10.2 Å². The van der Waals surface area contributed by atoms with Crippen molar-refractivity contribution in [3.63, 3.8) is 0 Å². The molecular weight excluding hydrogens is 282 g/mol. The van der Waals surface area contributed by atoms with Gasteiger partial charge in [0.2, 0.25) is 11.8 Å². The molecule has 6 heteroatoms. The molecule has 6 nitrogen and oxygen atoms in total. The Hall–Kier alpha value is -2.21. The number of hydrogen-bond acceptors (Lipinski definition) is 5. The molecule has 0 aliphatic heterocycles. The Morgan fingerprint density at radius 1 is 1.23 bits per heavy atom. The number of nitrogens with one attached hydrogen (secondary N) is 1. The summed E-state index contributed by atoms with van der Waals surface area (Å²) in [6.45, 7) is 5.76. The monoisotopic (exact) mass is 303 g/mol. The van der Waals surface area contributed by atoms with Crippen LogP contribution in [0, 0.1) is 6.92 Å². The van der Waals surface area contributed by atoms with Gasteiger partial charge in [0.1, 0.15) is 0 Å². The van der Waals surface area contributed by atoms with E-state index in [9.17, 15) is 9.90 Å². The number of amides is 1. The highest BCUT2D eigenvalue weighted by molar-refractivity contribution is 5.94. The van der Waals surface area contributed by atoms with Crippen LogP contribution in [0.15, 0.2) is 28.7 Å². The maximum absolute atomic E-state index is 12.1. The number of carbonyl (C=O) groups is 1. The van der Waals surface area contributed by atoms with E-state index in [-0.39, 0.29) is 12.5 Å². The molecule has 0 aliphatic carbocycles. The molecule has 1 aromatic heterocycles. The number of hydrogen-bond donors (Lipinski definition) is 2. The van der Waals surface area contributed by atoms with Crippen LogP contribution in [0.2, 0.25) is 0 Å². The highest BCUT2D eigenvalue weighted by Gasteiger charge is 2.23. The largest absolute Gasteiger partial charge is 0.421 e. The minimum Gasteiger partial charge on any atom is -0.421 e. The molecular formula is C16H21N3O3. The van der Waals surface area contributed by atoms with E-state index in [0.717, 1.165) is 5.56 Å². The molecule has 2 aromatic rings. The molecule has 1 aromatic carbocycles. The topological polar surface area (TPSA) is 88.2 Å². The molecule has 1 amide bonds. The molecule has 0 radical (unpaired) electrons. The summed E-state index contributed by atoms with van der Waals surface area (Å²) in [5.41, 5.74) is 0.432. The average Bonchev–Trinajstić information content (AvgIpc) is 2.99. The number of carbonyl (C=O) groups excluding carboxylic acids is 1. The third-order valence-corrected chi connectivity index (χ3v) is 3.81. The van der Waals surface area contributed by atoms with Crippen molar-refractivity contribution in [2.75, 3.05) is 6.54 Å². The number of aryl methyl sites for hydroxylation is 1. The lowest BCUT2D eigenvalue weighted by Gasteiger charge is -2.25. The Kier molecular flexibility index (Phi) is 4.92. The molecule has 0 aliphatic rings. The summed E-state index contributed by atoms with van der Waals surface area (Å²) in [4.78, 5) is 12.1. The van der Waals surface area contributed by atoms with Gasteiger partial charge < -0.3 is 14.8 Å². The van der Waals surface area contributed by atoms with Crippen LogP contribution in [0.25, 0.3) is 11.5 Å². The van der Waals surface area contributed by atoms with Gasteiger partial charge in [0.05, 0.1) is 5.60 Å². The molecule has 0 spiro atoms. The summed E-state index contributed by atoms with van der Waals surface area (Å²) in [6.07, 6.45) is 1.19. The summed E-state index contributed by atoms with van der Waals surface area (Å²) in [5, 5.41) is 20.6. The summed E-state index contributed by atoms with van der Waals surface area (Å²) >= 11 is 0. The van der Waals surface area contributed by atoms with E-state index >= 15 is 0 Å². The summed E-state index contributed by atoms with van der Waals surface area (Å²) in [7, 11) is 0. The highest BCUT2D eigenvalue weighted by atomic mass is 16.4. The molecule has 0 saturated heterocycles. The summed E-state index contributed by atoms with van der Waals surface area (Å²) in [6, 6.07) is 6.91. The van der Waals surface area contributed by atoms with E-state index in [1.165, 1.54) is 0 Å². The van der Waals surface area contributed by atoms with E-state index in [4.69, 9.17) is 4.42 Å². The first-order valence-corrected chi connectivity index (χ1v) is 7.38. The summed E-state index contributed by atoms with van der Waals surface area (Å²) < 4.78 is 5.34. The van der Waals surface area contributed by atoms with Crippen LogP contribution in [0.4, 0.5) is 0 Å². The standard InChI is InChI=1S/C16H21N3O3/c1-4-16(21,5-2)10-17-14(20)12-6-8-13(9-7-12)15-19-18-11(3)22-15/h6-9,21H,4-5,10H2,1-3H3,(H,17,20). The second-order valence-electron chi connectivity index (χ2n) is 5.32. The molecule has 1 heterocycles. The van der Waals surface area contributed by atoms with Crippen molar-refractivity contribution in [1.29, 1.82) is 0 Å². The Bertz CT molecular complexity index is 630. The van der Waals surface area contributed by atoms with Crippen LogP contribution in [-0.4, -0.2) is 33.4 Å². The van der Waals surface area contributed by atoms with Gasteiger partial charge in [-0.2, -0.15) is 0 Å². The first kappa shape index (κ1) is 16.2. The van der Waals surface area contributed by atoms with Crippen molar-refractivity contribution in [1.82, 2.24) is 15.5 Å². The second-order valence-corrected chi connectivity index (χ2v) is 5.32. The van der Waals surface area contributed by atoms with Crippen molar-refractivity contribution < 1.29 is 14.3 Å². The smallest absolute Gasteiger partial charge is 0.251 e. The molecule has 0 fully saturated rings. The fraction of sp³-hybridized carbons (Fsp3) is 0.438. The van der Waals surface area contributed by atoms with Gasteiger partial charge >= 0.3 is 0 Å². The fourth-order valence-corrected chi connectivity index (χ4v) is 2.02. The number of aromatic nitrogens is 2. The lowest BCUT2D eigenvalue weighted by molar-refractivity contribution is 0.0314. The first-order chi connectivity index (χ1) is 10.5. The van der Waals surface area contributed by atoms with E-state index in [1.807, 2.05) is 13.8 Å². The number of nitrogens with zero attached hydrogens (tertiary/aromatic N) is 2. The molecule has 0 saturated carbocycles. The maximum atomic E-state index is 12.1. The van der Waals surface area contributed by atoms with Crippen LogP contribution < -0.4 is 5.32 Å². The quantitative estimate of drug-likeness (QED) is 0.855. The molecule has 2 N–H and O–H groups in total. The molecule has 22 heavy (non-hydrogen) atoms. The van der Waals surface area contributed by atoms with Crippen molar-refractivity contribution >= 4 is 5.91 Å². The SMILES string of the molecule is CCC(O)(CC)CNC(=O)c1ccc(-c2nnc(C)o2)cc1. The van der Waals surface area contributed by atoms with Crippen LogP contribution in [-0.2, 0) is 0 Å². The Labute approximate surface area is 129 Å². The third kappa shape index (κ3) is 3.71. The molecule has 118 valence electrons.